The number of aromatic nitrogens is 3. The van der Waals surface area contributed by atoms with Crippen LogP contribution in [0.25, 0.3) is 10.2 Å². The fraction of sp³-hybridized carbons (Fsp3) is 0.368. The molecule has 0 spiro atoms. The number of nitrogens with one attached hydrogen (secondary N) is 1. The van der Waals surface area contributed by atoms with E-state index in [-0.39, 0.29) is 5.91 Å². The summed E-state index contributed by atoms with van der Waals surface area (Å²) < 4.78 is 1.05. The number of benzene rings is 1. The van der Waals surface area contributed by atoms with Crippen LogP contribution >= 0.6 is 11.3 Å². The van der Waals surface area contributed by atoms with Crippen LogP contribution in [0.15, 0.2) is 30.3 Å². The summed E-state index contributed by atoms with van der Waals surface area (Å²) in [6, 6.07) is 9.84. The standard InChI is InChI=1S/C19H22N6OS/c1-3-20-16-12-17(22-13(2)21-16)24-8-10-25(11-9-24)19(26)18-23-14-6-4-5-7-15(14)27-18/h4-7,12H,3,8-11H2,1-2H3,(H,20,21,22). The molecule has 0 atom stereocenters. The number of hydrogen-bond acceptors (Lipinski definition) is 7. The van der Waals surface area contributed by atoms with Gasteiger partial charge in [-0.25, -0.2) is 15.0 Å². The Labute approximate surface area is 162 Å². The summed E-state index contributed by atoms with van der Waals surface area (Å²) in [7, 11) is 0. The van der Waals surface area contributed by atoms with Crippen molar-refractivity contribution in [2.24, 2.45) is 0 Å². The van der Waals surface area contributed by atoms with E-state index in [0.29, 0.717) is 18.1 Å². The number of carbonyl (C=O) groups is 1. The number of aryl methyl sites for hydroxylation is 1. The van der Waals surface area contributed by atoms with Gasteiger partial charge in [0.2, 0.25) is 0 Å². The maximum Gasteiger partial charge on any atom is 0.282 e. The topological polar surface area (TPSA) is 74.2 Å². The summed E-state index contributed by atoms with van der Waals surface area (Å²) in [5.74, 6) is 2.51. The van der Waals surface area contributed by atoms with Gasteiger partial charge < -0.3 is 15.1 Å². The Morgan fingerprint density at radius 3 is 2.67 bits per heavy atom. The minimum atomic E-state index is 0.0167. The second-order valence-electron chi connectivity index (χ2n) is 6.45. The van der Waals surface area contributed by atoms with Gasteiger partial charge in [0.05, 0.1) is 10.2 Å². The van der Waals surface area contributed by atoms with E-state index in [2.05, 4.69) is 25.2 Å². The average molecular weight is 382 g/mol. The molecular formula is C19H22N6OS. The lowest BCUT2D eigenvalue weighted by molar-refractivity contribution is 0.0746. The van der Waals surface area contributed by atoms with Crippen LogP contribution in [-0.2, 0) is 0 Å². The van der Waals surface area contributed by atoms with Crippen LogP contribution in [0.1, 0.15) is 22.6 Å². The highest BCUT2D eigenvalue weighted by Crippen LogP contribution is 2.24. The third-order valence-electron chi connectivity index (χ3n) is 4.55. The molecule has 1 fully saturated rings. The van der Waals surface area contributed by atoms with Crippen molar-refractivity contribution in [3.8, 4) is 0 Å². The monoisotopic (exact) mass is 382 g/mol. The van der Waals surface area contributed by atoms with E-state index < -0.39 is 0 Å². The maximum atomic E-state index is 12.8. The highest BCUT2D eigenvalue weighted by atomic mass is 32.1. The van der Waals surface area contributed by atoms with Gasteiger partial charge in [-0.2, -0.15) is 0 Å². The van der Waals surface area contributed by atoms with E-state index in [4.69, 9.17) is 0 Å². The largest absolute Gasteiger partial charge is 0.370 e. The second-order valence-corrected chi connectivity index (χ2v) is 7.49. The zero-order chi connectivity index (χ0) is 18.8. The number of amides is 1. The van der Waals surface area contributed by atoms with E-state index in [9.17, 15) is 4.79 Å². The quantitative estimate of drug-likeness (QED) is 0.748. The number of anilines is 2. The molecular weight excluding hydrogens is 360 g/mol. The Bertz CT molecular complexity index is 931. The zero-order valence-corrected chi connectivity index (χ0v) is 16.3. The first-order valence-electron chi connectivity index (χ1n) is 9.13. The fourth-order valence-corrected chi connectivity index (χ4v) is 4.16. The van der Waals surface area contributed by atoms with Crippen LogP contribution in [0.3, 0.4) is 0 Å². The lowest BCUT2D eigenvalue weighted by Gasteiger charge is -2.35. The number of fused-ring (bicyclic) bond motifs is 1. The van der Waals surface area contributed by atoms with Crippen LogP contribution in [0, 0.1) is 6.92 Å². The number of carbonyl (C=O) groups excluding carboxylic acids is 1. The molecule has 2 aromatic heterocycles. The number of hydrogen-bond donors (Lipinski definition) is 1. The van der Waals surface area contributed by atoms with Gasteiger partial charge in [0.25, 0.3) is 5.91 Å². The van der Waals surface area contributed by atoms with Crippen molar-refractivity contribution < 1.29 is 4.79 Å². The molecule has 0 radical (unpaired) electrons. The molecule has 3 heterocycles. The minimum absolute atomic E-state index is 0.0167. The van der Waals surface area contributed by atoms with Crippen molar-refractivity contribution in [1.82, 2.24) is 19.9 Å². The van der Waals surface area contributed by atoms with Crippen LogP contribution < -0.4 is 10.2 Å². The molecule has 1 N–H and O–H groups in total. The van der Waals surface area contributed by atoms with Gasteiger partial charge in [0.1, 0.15) is 17.5 Å². The molecule has 1 aromatic carbocycles. The molecule has 7 nitrogen and oxygen atoms in total. The van der Waals surface area contributed by atoms with Crippen molar-refractivity contribution in [2.45, 2.75) is 13.8 Å². The van der Waals surface area contributed by atoms with Crippen LogP contribution in [0.2, 0.25) is 0 Å². The average Bonchev–Trinajstić information content (AvgIpc) is 3.11. The molecule has 8 heteroatoms. The van der Waals surface area contributed by atoms with E-state index in [1.807, 2.05) is 49.1 Å². The zero-order valence-electron chi connectivity index (χ0n) is 15.5. The Hall–Kier alpha value is -2.74. The Kier molecular flexibility index (Phi) is 4.89. The predicted molar refractivity (Wildman–Crippen MR) is 109 cm³/mol. The number of piperazine rings is 1. The first-order valence-corrected chi connectivity index (χ1v) is 9.95. The molecule has 1 aliphatic rings. The predicted octanol–water partition coefficient (Wildman–Crippen LogP) is 2.79. The fourth-order valence-electron chi connectivity index (χ4n) is 3.22. The molecule has 3 aromatic rings. The SMILES string of the molecule is CCNc1cc(N2CCN(C(=O)c3nc4ccccc4s3)CC2)nc(C)n1. The summed E-state index contributed by atoms with van der Waals surface area (Å²) in [6.45, 7) is 7.58. The van der Waals surface area contributed by atoms with Gasteiger partial charge >= 0.3 is 0 Å². The molecule has 1 aliphatic heterocycles. The molecule has 0 saturated carbocycles. The highest BCUT2D eigenvalue weighted by Gasteiger charge is 2.25. The molecule has 0 unspecified atom stereocenters. The Morgan fingerprint density at radius 2 is 1.93 bits per heavy atom. The van der Waals surface area contributed by atoms with Gasteiger partial charge in [-0.05, 0) is 26.0 Å². The van der Waals surface area contributed by atoms with Crippen LogP contribution in [0.4, 0.5) is 11.6 Å². The van der Waals surface area contributed by atoms with Gasteiger partial charge in [0.15, 0.2) is 5.01 Å². The van der Waals surface area contributed by atoms with E-state index in [1.165, 1.54) is 11.3 Å². The third kappa shape index (κ3) is 3.71. The van der Waals surface area contributed by atoms with E-state index in [1.54, 1.807) is 0 Å². The Balaban J connectivity index is 1.45. The number of nitrogens with zero attached hydrogens (tertiary/aromatic N) is 5. The molecule has 140 valence electrons. The summed E-state index contributed by atoms with van der Waals surface area (Å²) >= 11 is 1.46. The molecule has 27 heavy (non-hydrogen) atoms. The summed E-state index contributed by atoms with van der Waals surface area (Å²) in [5, 5.41) is 3.81. The normalized spacial score (nSPS) is 14.6. The number of para-hydroxylation sites is 1. The third-order valence-corrected chi connectivity index (χ3v) is 5.57. The lowest BCUT2D eigenvalue weighted by Crippen LogP contribution is -2.49. The molecule has 0 bridgehead atoms. The van der Waals surface area contributed by atoms with Crippen molar-refractivity contribution in [3.05, 3.63) is 41.2 Å². The van der Waals surface area contributed by atoms with Gasteiger partial charge in [-0.3, -0.25) is 4.79 Å². The molecule has 1 amide bonds. The van der Waals surface area contributed by atoms with E-state index >= 15 is 0 Å². The van der Waals surface area contributed by atoms with E-state index in [0.717, 1.165) is 47.3 Å². The molecule has 0 aliphatic carbocycles. The summed E-state index contributed by atoms with van der Waals surface area (Å²) in [4.78, 5) is 30.4. The van der Waals surface area contributed by atoms with Crippen LogP contribution in [-0.4, -0.2) is 58.5 Å². The first-order chi connectivity index (χ1) is 13.1. The minimum Gasteiger partial charge on any atom is -0.370 e. The number of rotatable bonds is 4. The lowest BCUT2D eigenvalue weighted by atomic mass is 10.3. The smallest absolute Gasteiger partial charge is 0.282 e. The second kappa shape index (κ2) is 7.48. The summed E-state index contributed by atoms with van der Waals surface area (Å²) in [5.41, 5.74) is 0.886. The van der Waals surface area contributed by atoms with Crippen molar-refractivity contribution >= 4 is 39.1 Å². The van der Waals surface area contributed by atoms with Gasteiger partial charge in [-0.1, -0.05) is 12.1 Å². The number of thiazole rings is 1. The van der Waals surface area contributed by atoms with Crippen LogP contribution in [0.5, 0.6) is 0 Å². The van der Waals surface area contributed by atoms with Gasteiger partial charge in [-0.15, -0.1) is 11.3 Å². The highest BCUT2D eigenvalue weighted by molar-refractivity contribution is 7.20. The summed E-state index contributed by atoms with van der Waals surface area (Å²) in [6.07, 6.45) is 0. The molecule has 4 rings (SSSR count). The van der Waals surface area contributed by atoms with Crippen molar-refractivity contribution in [1.29, 1.82) is 0 Å². The Morgan fingerprint density at radius 1 is 1.15 bits per heavy atom. The van der Waals surface area contributed by atoms with Crippen molar-refractivity contribution in [2.75, 3.05) is 42.9 Å². The molecule has 1 saturated heterocycles. The maximum absolute atomic E-state index is 12.8. The van der Waals surface area contributed by atoms with Gasteiger partial charge in [0, 0.05) is 38.8 Å². The first kappa shape index (κ1) is 17.7. The van der Waals surface area contributed by atoms with Crippen molar-refractivity contribution in [3.63, 3.8) is 0 Å².